The third-order valence-corrected chi connectivity index (χ3v) is 2.95. The summed E-state index contributed by atoms with van der Waals surface area (Å²) in [4.78, 5) is 11.6. The van der Waals surface area contributed by atoms with E-state index in [1.807, 2.05) is 16.8 Å². The highest BCUT2D eigenvalue weighted by Gasteiger charge is 2.10. The molecule has 0 aliphatic rings. The summed E-state index contributed by atoms with van der Waals surface area (Å²) >= 11 is 1.59. The molecule has 0 aliphatic carbocycles. The highest BCUT2D eigenvalue weighted by atomic mass is 32.1. The fraction of sp³-hybridized carbons (Fsp3) is 0.167. The van der Waals surface area contributed by atoms with E-state index in [-0.39, 0.29) is 5.91 Å². The first-order valence-corrected chi connectivity index (χ1v) is 6.05. The predicted octanol–water partition coefficient (Wildman–Crippen LogP) is 3.00. The third-order valence-electron chi connectivity index (χ3n) is 2.25. The van der Waals surface area contributed by atoms with Crippen molar-refractivity contribution in [1.29, 1.82) is 0 Å². The van der Waals surface area contributed by atoms with Crippen LogP contribution in [0.4, 0.5) is 5.69 Å². The summed E-state index contributed by atoms with van der Waals surface area (Å²) in [6.45, 7) is 3.55. The molecule has 1 amide bonds. The van der Waals surface area contributed by atoms with Gasteiger partial charge in [0.1, 0.15) is 11.4 Å². The molecule has 0 spiro atoms. The number of carbonyl (C=O) groups excluding carboxylic acids is 1. The Bertz CT molecular complexity index is 521. The maximum atomic E-state index is 11.6. The fourth-order valence-electron chi connectivity index (χ4n) is 1.37. The van der Waals surface area contributed by atoms with Gasteiger partial charge in [-0.05, 0) is 42.3 Å². The normalized spacial score (nSPS) is 10.9. The number of thiophene rings is 1. The lowest BCUT2D eigenvalue weighted by Gasteiger charge is -1.99. The first-order chi connectivity index (χ1) is 8.16. The Labute approximate surface area is 103 Å². The summed E-state index contributed by atoms with van der Waals surface area (Å²) in [5, 5.41) is 10.4. The number of aromatic nitrogens is 1. The van der Waals surface area contributed by atoms with Crippen molar-refractivity contribution in [1.82, 2.24) is 5.16 Å². The number of nitrogens with zero attached hydrogens (tertiary/aromatic N) is 1. The lowest BCUT2D eigenvalue weighted by atomic mass is 10.3. The lowest BCUT2D eigenvalue weighted by Crippen LogP contribution is -2.08. The highest BCUT2D eigenvalue weighted by Crippen LogP contribution is 2.18. The van der Waals surface area contributed by atoms with Crippen LogP contribution in [0, 0.1) is 13.8 Å². The Morgan fingerprint density at radius 2 is 2.35 bits per heavy atom. The second-order valence-corrected chi connectivity index (χ2v) is 4.36. The number of anilines is 1. The van der Waals surface area contributed by atoms with Gasteiger partial charge in [0.25, 0.3) is 0 Å². The van der Waals surface area contributed by atoms with Crippen LogP contribution < -0.4 is 5.32 Å². The molecule has 2 aromatic heterocycles. The number of hydrogen-bond donors (Lipinski definition) is 1. The molecule has 2 aromatic rings. The molecule has 0 aliphatic heterocycles. The monoisotopic (exact) mass is 248 g/mol. The molecule has 88 valence electrons. The molecule has 5 heteroatoms. The summed E-state index contributed by atoms with van der Waals surface area (Å²) in [5.41, 5.74) is 2.34. The van der Waals surface area contributed by atoms with Crippen LogP contribution >= 0.6 is 11.3 Å². The Balaban J connectivity index is 2.03. The Hall–Kier alpha value is -1.88. The predicted molar refractivity (Wildman–Crippen MR) is 68.0 cm³/mol. The molecule has 4 nitrogen and oxygen atoms in total. The van der Waals surface area contributed by atoms with E-state index in [0.717, 1.165) is 5.56 Å². The van der Waals surface area contributed by atoms with Crippen LogP contribution in [0.25, 0.3) is 6.08 Å². The largest absolute Gasteiger partial charge is 0.359 e. The maximum absolute atomic E-state index is 11.6. The molecular formula is C12H12N2O2S. The molecule has 0 aromatic carbocycles. The van der Waals surface area contributed by atoms with Crippen molar-refractivity contribution >= 4 is 29.0 Å². The smallest absolute Gasteiger partial charge is 0.248 e. The molecule has 0 bridgehead atoms. The molecule has 0 atom stereocenters. The van der Waals surface area contributed by atoms with Gasteiger partial charge in [-0.1, -0.05) is 5.16 Å². The minimum Gasteiger partial charge on any atom is -0.359 e. The van der Waals surface area contributed by atoms with Gasteiger partial charge in [-0.2, -0.15) is 11.3 Å². The quantitative estimate of drug-likeness (QED) is 0.849. The van der Waals surface area contributed by atoms with E-state index in [9.17, 15) is 4.79 Å². The van der Waals surface area contributed by atoms with E-state index in [4.69, 9.17) is 4.52 Å². The van der Waals surface area contributed by atoms with Gasteiger partial charge in [-0.3, -0.25) is 4.79 Å². The molecule has 17 heavy (non-hydrogen) atoms. The fourth-order valence-corrected chi connectivity index (χ4v) is 2.00. The van der Waals surface area contributed by atoms with Crippen LogP contribution in [-0.4, -0.2) is 11.1 Å². The van der Waals surface area contributed by atoms with Gasteiger partial charge in [0.15, 0.2) is 5.76 Å². The number of rotatable bonds is 3. The van der Waals surface area contributed by atoms with Crippen LogP contribution in [0.15, 0.2) is 27.4 Å². The summed E-state index contributed by atoms with van der Waals surface area (Å²) in [6.07, 6.45) is 3.26. The van der Waals surface area contributed by atoms with E-state index in [1.54, 1.807) is 31.3 Å². The topological polar surface area (TPSA) is 55.1 Å². The van der Waals surface area contributed by atoms with E-state index < -0.39 is 0 Å². The van der Waals surface area contributed by atoms with Crippen molar-refractivity contribution in [2.24, 2.45) is 0 Å². The zero-order valence-electron chi connectivity index (χ0n) is 9.56. The van der Waals surface area contributed by atoms with Gasteiger partial charge in [-0.25, -0.2) is 0 Å². The standard InChI is InChI=1S/C12H12N2O2S/c1-8-12(9(2)16-14-8)13-11(15)4-3-10-5-6-17-7-10/h3-7H,1-2H3,(H,13,15). The minimum absolute atomic E-state index is 0.189. The molecular weight excluding hydrogens is 236 g/mol. The van der Waals surface area contributed by atoms with Gasteiger partial charge in [0.2, 0.25) is 5.91 Å². The molecule has 0 radical (unpaired) electrons. The van der Waals surface area contributed by atoms with E-state index in [1.165, 1.54) is 6.08 Å². The Morgan fingerprint density at radius 1 is 1.53 bits per heavy atom. The van der Waals surface area contributed by atoms with Gasteiger partial charge in [-0.15, -0.1) is 0 Å². The van der Waals surface area contributed by atoms with Gasteiger partial charge < -0.3 is 9.84 Å². The van der Waals surface area contributed by atoms with E-state index in [0.29, 0.717) is 17.1 Å². The summed E-state index contributed by atoms with van der Waals surface area (Å²) in [6, 6.07) is 1.95. The molecule has 0 saturated carbocycles. The zero-order valence-corrected chi connectivity index (χ0v) is 10.4. The second kappa shape index (κ2) is 4.97. The highest BCUT2D eigenvalue weighted by molar-refractivity contribution is 7.08. The first-order valence-electron chi connectivity index (χ1n) is 5.11. The lowest BCUT2D eigenvalue weighted by molar-refractivity contribution is -0.111. The van der Waals surface area contributed by atoms with Crippen molar-refractivity contribution in [2.75, 3.05) is 5.32 Å². The first kappa shape index (κ1) is 11.6. The molecule has 2 heterocycles. The Kier molecular flexibility index (Phi) is 3.39. The molecule has 0 fully saturated rings. The van der Waals surface area contributed by atoms with Crippen LogP contribution in [0.3, 0.4) is 0 Å². The van der Waals surface area contributed by atoms with E-state index >= 15 is 0 Å². The molecule has 0 saturated heterocycles. The van der Waals surface area contributed by atoms with E-state index in [2.05, 4.69) is 10.5 Å². The number of nitrogens with one attached hydrogen (secondary N) is 1. The number of hydrogen-bond acceptors (Lipinski definition) is 4. The van der Waals surface area contributed by atoms with Crippen molar-refractivity contribution < 1.29 is 9.32 Å². The average molecular weight is 248 g/mol. The van der Waals surface area contributed by atoms with Crippen molar-refractivity contribution in [3.63, 3.8) is 0 Å². The van der Waals surface area contributed by atoms with Crippen LogP contribution in [-0.2, 0) is 4.79 Å². The number of carbonyl (C=O) groups is 1. The number of amides is 1. The number of aryl methyl sites for hydroxylation is 2. The van der Waals surface area contributed by atoms with Crippen LogP contribution in [0.2, 0.25) is 0 Å². The van der Waals surface area contributed by atoms with Crippen LogP contribution in [0.1, 0.15) is 17.0 Å². The van der Waals surface area contributed by atoms with Crippen molar-refractivity contribution in [2.45, 2.75) is 13.8 Å². The third kappa shape index (κ3) is 2.82. The minimum atomic E-state index is -0.189. The van der Waals surface area contributed by atoms with Crippen molar-refractivity contribution in [3.8, 4) is 0 Å². The summed E-state index contributed by atoms with van der Waals surface area (Å²) in [7, 11) is 0. The summed E-state index contributed by atoms with van der Waals surface area (Å²) < 4.78 is 4.96. The summed E-state index contributed by atoms with van der Waals surface area (Å²) in [5.74, 6) is 0.422. The molecule has 1 N–H and O–H groups in total. The average Bonchev–Trinajstić information content (AvgIpc) is 2.91. The van der Waals surface area contributed by atoms with Crippen LogP contribution in [0.5, 0.6) is 0 Å². The van der Waals surface area contributed by atoms with Gasteiger partial charge in [0, 0.05) is 6.08 Å². The SMILES string of the molecule is Cc1noc(C)c1NC(=O)C=Cc1ccsc1. The maximum Gasteiger partial charge on any atom is 0.248 e. The Morgan fingerprint density at radius 3 is 2.94 bits per heavy atom. The van der Waals surface area contributed by atoms with Gasteiger partial charge in [0.05, 0.1) is 0 Å². The zero-order chi connectivity index (χ0) is 12.3. The van der Waals surface area contributed by atoms with Crippen molar-refractivity contribution in [3.05, 3.63) is 39.9 Å². The van der Waals surface area contributed by atoms with Gasteiger partial charge >= 0.3 is 0 Å². The second-order valence-electron chi connectivity index (χ2n) is 3.58. The molecule has 0 unspecified atom stereocenters. The molecule has 2 rings (SSSR count).